The molecule has 190 valence electrons. The number of H-pyrrole nitrogens is 1. The second-order valence-electron chi connectivity index (χ2n) is 10.4. The number of aromatic amines is 1. The molecule has 0 radical (unpaired) electrons. The van der Waals surface area contributed by atoms with Crippen molar-refractivity contribution in [2.75, 3.05) is 33.4 Å². The molecule has 0 bridgehead atoms. The van der Waals surface area contributed by atoms with Gasteiger partial charge in [-0.2, -0.15) is 5.10 Å². The van der Waals surface area contributed by atoms with Gasteiger partial charge in [0.25, 0.3) is 0 Å². The lowest BCUT2D eigenvalue weighted by Gasteiger charge is -2.40. The van der Waals surface area contributed by atoms with E-state index < -0.39 is 0 Å². The SMILES string of the molecule is COc1cc(-c2cc3[nH]c(=O)n([C@@H]4CCCN(C5CCCOC5)C4)c3cc2C(C)C)cn2ncnc12. The normalized spacial score (nSPS) is 21.6. The highest BCUT2D eigenvalue weighted by atomic mass is 16.5. The van der Waals surface area contributed by atoms with E-state index in [1.165, 1.54) is 18.3 Å². The first-order valence-corrected chi connectivity index (χ1v) is 13.0. The molecular formula is C27H34N6O3. The summed E-state index contributed by atoms with van der Waals surface area (Å²) in [6.07, 6.45) is 7.89. The van der Waals surface area contributed by atoms with Crippen LogP contribution in [0.2, 0.25) is 0 Å². The molecule has 3 aromatic heterocycles. The van der Waals surface area contributed by atoms with Crippen LogP contribution in [0.3, 0.4) is 0 Å². The predicted molar refractivity (Wildman–Crippen MR) is 139 cm³/mol. The van der Waals surface area contributed by atoms with Gasteiger partial charge in [-0.3, -0.25) is 9.47 Å². The number of nitrogens with zero attached hydrogens (tertiary/aromatic N) is 5. The number of aromatic nitrogens is 5. The number of fused-ring (bicyclic) bond motifs is 2. The third-order valence-electron chi connectivity index (χ3n) is 7.83. The summed E-state index contributed by atoms with van der Waals surface area (Å²) in [7, 11) is 1.64. The van der Waals surface area contributed by atoms with E-state index >= 15 is 0 Å². The van der Waals surface area contributed by atoms with Crippen LogP contribution in [0, 0.1) is 0 Å². The fourth-order valence-electron chi connectivity index (χ4n) is 6.01. The number of benzene rings is 1. The number of hydrogen-bond acceptors (Lipinski definition) is 6. The van der Waals surface area contributed by atoms with Crippen molar-refractivity contribution in [3.63, 3.8) is 0 Å². The number of ether oxygens (including phenoxy) is 2. The van der Waals surface area contributed by atoms with Gasteiger partial charge in [0, 0.05) is 31.0 Å². The first-order chi connectivity index (χ1) is 17.5. The molecule has 2 fully saturated rings. The molecule has 0 amide bonds. The summed E-state index contributed by atoms with van der Waals surface area (Å²) < 4.78 is 15.1. The Morgan fingerprint density at radius 2 is 2.03 bits per heavy atom. The third kappa shape index (κ3) is 4.00. The van der Waals surface area contributed by atoms with Crippen molar-refractivity contribution in [1.82, 2.24) is 29.0 Å². The highest BCUT2D eigenvalue weighted by Gasteiger charge is 2.30. The number of rotatable bonds is 5. The number of hydrogen-bond donors (Lipinski definition) is 1. The van der Waals surface area contributed by atoms with Crippen LogP contribution >= 0.6 is 0 Å². The number of imidazole rings is 1. The molecule has 1 unspecified atom stereocenters. The summed E-state index contributed by atoms with van der Waals surface area (Å²) in [5.74, 6) is 0.933. The molecule has 1 N–H and O–H groups in total. The third-order valence-corrected chi connectivity index (χ3v) is 7.83. The Balaban J connectivity index is 1.43. The highest BCUT2D eigenvalue weighted by molar-refractivity contribution is 5.85. The molecule has 0 spiro atoms. The van der Waals surface area contributed by atoms with E-state index in [4.69, 9.17) is 9.47 Å². The maximum Gasteiger partial charge on any atom is 0.326 e. The van der Waals surface area contributed by atoms with Crippen molar-refractivity contribution >= 4 is 16.7 Å². The van der Waals surface area contributed by atoms with Crippen LogP contribution in [0.25, 0.3) is 27.8 Å². The van der Waals surface area contributed by atoms with Gasteiger partial charge < -0.3 is 14.5 Å². The van der Waals surface area contributed by atoms with Crippen molar-refractivity contribution in [3.8, 4) is 16.9 Å². The Kier molecular flexibility index (Phi) is 6.05. The number of likely N-dealkylation sites (tertiary alicyclic amines) is 1. The Bertz CT molecular complexity index is 1450. The van der Waals surface area contributed by atoms with E-state index in [9.17, 15) is 4.79 Å². The summed E-state index contributed by atoms with van der Waals surface area (Å²) in [6.45, 7) is 8.02. The fourth-order valence-corrected chi connectivity index (χ4v) is 6.01. The van der Waals surface area contributed by atoms with Crippen LogP contribution in [0.15, 0.2) is 35.5 Å². The summed E-state index contributed by atoms with van der Waals surface area (Å²) >= 11 is 0. The molecule has 4 aromatic rings. The Morgan fingerprint density at radius 3 is 2.81 bits per heavy atom. The quantitative estimate of drug-likeness (QED) is 0.455. The fraction of sp³-hybridized carbons (Fsp3) is 0.519. The minimum atomic E-state index is -0.0343. The predicted octanol–water partition coefficient (Wildman–Crippen LogP) is 3.99. The van der Waals surface area contributed by atoms with E-state index in [1.807, 2.05) is 16.8 Å². The number of nitrogens with one attached hydrogen (secondary N) is 1. The zero-order valence-corrected chi connectivity index (χ0v) is 21.2. The lowest BCUT2D eigenvalue weighted by molar-refractivity contribution is 0.00306. The summed E-state index contributed by atoms with van der Waals surface area (Å²) in [6, 6.07) is 6.92. The van der Waals surface area contributed by atoms with Gasteiger partial charge in [0.05, 0.1) is 30.8 Å². The van der Waals surface area contributed by atoms with Gasteiger partial charge in [-0.15, -0.1) is 0 Å². The van der Waals surface area contributed by atoms with E-state index in [-0.39, 0.29) is 17.6 Å². The Labute approximate surface area is 210 Å². The average molecular weight is 491 g/mol. The zero-order valence-electron chi connectivity index (χ0n) is 21.2. The van der Waals surface area contributed by atoms with Crippen molar-refractivity contribution < 1.29 is 9.47 Å². The lowest BCUT2D eigenvalue weighted by atomic mass is 9.92. The standard InChI is InChI=1S/C27H34N6O3/c1-17(2)21-12-24-23(11-22(21)18-10-25(35-3)26-28-16-29-32(26)13-18)30-27(34)33(24)19-6-4-8-31(14-19)20-7-5-9-36-15-20/h10-13,16-17,19-20H,4-9,14-15H2,1-3H3,(H,30,34)/t19-,20?/m1/s1. The molecule has 2 atom stereocenters. The van der Waals surface area contributed by atoms with Crippen LogP contribution in [0.1, 0.15) is 57.1 Å². The molecule has 0 saturated carbocycles. The average Bonchev–Trinajstić information content (AvgIpc) is 3.51. The smallest absolute Gasteiger partial charge is 0.326 e. The van der Waals surface area contributed by atoms with E-state index in [1.54, 1.807) is 11.6 Å². The molecule has 1 aromatic carbocycles. The van der Waals surface area contributed by atoms with Gasteiger partial charge in [-0.1, -0.05) is 13.8 Å². The van der Waals surface area contributed by atoms with E-state index in [0.717, 1.165) is 67.7 Å². The van der Waals surface area contributed by atoms with E-state index in [0.29, 0.717) is 17.4 Å². The lowest BCUT2D eigenvalue weighted by Crippen LogP contribution is -2.47. The monoisotopic (exact) mass is 490 g/mol. The molecule has 5 heterocycles. The molecule has 0 aliphatic carbocycles. The van der Waals surface area contributed by atoms with Crippen LogP contribution in [0.4, 0.5) is 0 Å². The van der Waals surface area contributed by atoms with E-state index in [2.05, 4.69) is 45.9 Å². The topological polar surface area (TPSA) is 89.7 Å². The second-order valence-corrected chi connectivity index (χ2v) is 10.4. The molecule has 36 heavy (non-hydrogen) atoms. The summed E-state index contributed by atoms with van der Waals surface area (Å²) in [5, 5.41) is 4.33. The van der Waals surface area contributed by atoms with Gasteiger partial charge in [-0.05, 0) is 67.5 Å². The molecule has 2 aliphatic heterocycles. The minimum absolute atomic E-state index is 0.0343. The number of piperidine rings is 1. The van der Waals surface area contributed by atoms with Crippen LogP contribution < -0.4 is 10.4 Å². The van der Waals surface area contributed by atoms with Gasteiger partial charge in [0.2, 0.25) is 0 Å². The van der Waals surface area contributed by atoms with Crippen molar-refractivity contribution in [2.24, 2.45) is 0 Å². The Hall–Kier alpha value is -3.17. The highest BCUT2D eigenvalue weighted by Crippen LogP contribution is 2.36. The maximum atomic E-state index is 13.3. The van der Waals surface area contributed by atoms with Crippen molar-refractivity contribution in [3.05, 3.63) is 46.8 Å². The first-order valence-electron chi connectivity index (χ1n) is 13.0. The van der Waals surface area contributed by atoms with Gasteiger partial charge >= 0.3 is 5.69 Å². The number of pyridine rings is 1. The molecule has 6 rings (SSSR count). The summed E-state index contributed by atoms with van der Waals surface area (Å²) in [5.41, 5.74) is 5.70. The van der Waals surface area contributed by atoms with Gasteiger partial charge in [0.15, 0.2) is 11.4 Å². The van der Waals surface area contributed by atoms with Crippen LogP contribution in [-0.2, 0) is 4.74 Å². The van der Waals surface area contributed by atoms with Crippen LogP contribution in [0.5, 0.6) is 5.75 Å². The zero-order chi connectivity index (χ0) is 24.8. The molecule has 9 nitrogen and oxygen atoms in total. The number of methoxy groups -OCH3 is 1. The van der Waals surface area contributed by atoms with Crippen LogP contribution in [-0.4, -0.2) is 68.5 Å². The molecule has 2 aliphatic rings. The second kappa shape index (κ2) is 9.37. The Morgan fingerprint density at radius 1 is 1.17 bits per heavy atom. The van der Waals surface area contributed by atoms with Crippen molar-refractivity contribution in [1.29, 1.82) is 0 Å². The van der Waals surface area contributed by atoms with Crippen molar-refractivity contribution in [2.45, 2.75) is 57.5 Å². The molecular weight excluding hydrogens is 456 g/mol. The molecule has 9 heteroatoms. The first kappa shape index (κ1) is 23.2. The summed E-state index contributed by atoms with van der Waals surface area (Å²) in [4.78, 5) is 23.3. The maximum absolute atomic E-state index is 13.3. The van der Waals surface area contributed by atoms with Gasteiger partial charge in [-0.25, -0.2) is 14.3 Å². The largest absolute Gasteiger partial charge is 0.493 e. The minimum Gasteiger partial charge on any atom is -0.493 e. The molecule has 2 saturated heterocycles. The van der Waals surface area contributed by atoms with Gasteiger partial charge in [0.1, 0.15) is 6.33 Å².